The second kappa shape index (κ2) is 7.93. The van der Waals surface area contributed by atoms with Crippen molar-refractivity contribution in [1.29, 1.82) is 0 Å². The Labute approximate surface area is 189 Å². The lowest BCUT2D eigenvalue weighted by Gasteiger charge is -2.18. The summed E-state index contributed by atoms with van der Waals surface area (Å²) < 4.78 is 20.8. The summed E-state index contributed by atoms with van der Waals surface area (Å²) in [6, 6.07) is 10.3. The summed E-state index contributed by atoms with van der Waals surface area (Å²) in [7, 11) is 1.63. The Bertz CT molecular complexity index is 1340. The third-order valence-corrected chi connectivity index (χ3v) is 6.04. The average Bonchev–Trinajstić information content (AvgIpc) is 3.43. The number of carbonyl (C=O) groups excluding carboxylic acids is 1. The number of hydrogen-bond donors (Lipinski definition) is 2. The second-order valence-electron chi connectivity index (χ2n) is 8.47. The first-order chi connectivity index (χ1) is 15.9. The van der Waals surface area contributed by atoms with Gasteiger partial charge in [0.15, 0.2) is 0 Å². The van der Waals surface area contributed by atoms with E-state index in [9.17, 15) is 9.18 Å². The Morgan fingerprint density at radius 2 is 1.94 bits per heavy atom. The van der Waals surface area contributed by atoms with E-state index in [0.29, 0.717) is 40.1 Å². The molecule has 1 aliphatic carbocycles. The van der Waals surface area contributed by atoms with Gasteiger partial charge in [-0.05, 0) is 49.6 Å². The molecule has 1 aliphatic rings. The van der Waals surface area contributed by atoms with Crippen LogP contribution in [-0.4, -0.2) is 32.5 Å². The first-order valence-electron chi connectivity index (χ1n) is 10.6. The molecular formula is C24H23FN6O2. The molecule has 33 heavy (non-hydrogen) atoms. The molecule has 168 valence electrons. The molecule has 1 amide bonds. The lowest BCUT2D eigenvalue weighted by atomic mass is 10.1. The fourth-order valence-electron chi connectivity index (χ4n) is 4.12. The fraction of sp³-hybridized carbons (Fsp3) is 0.250. The standard InChI is InChI=1S/C24H23FN6O2/c1-24(9-10-24)31-20(15-5-8-17(25)27-11-15)18(19-21(26)28-13-29-22(19)31)23(32)30-16-6-3-14(4-7-16)12-33-2/h3-8,11,13H,9-10,12H2,1-2H3,(H,30,32)(H2,26,28,29). The lowest BCUT2D eigenvalue weighted by Crippen LogP contribution is -2.17. The first kappa shape index (κ1) is 21.0. The fourth-order valence-corrected chi connectivity index (χ4v) is 4.12. The molecule has 0 unspecified atom stereocenters. The molecule has 9 heteroatoms. The Kier molecular flexibility index (Phi) is 5.05. The van der Waals surface area contributed by atoms with Crippen LogP contribution in [0.1, 0.15) is 35.7 Å². The summed E-state index contributed by atoms with van der Waals surface area (Å²) in [5, 5.41) is 3.43. The Morgan fingerprint density at radius 1 is 1.18 bits per heavy atom. The highest BCUT2D eigenvalue weighted by atomic mass is 19.1. The number of halogens is 1. The number of anilines is 2. The van der Waals surface area contributed by atoms with Gasteiger partial charge in [-0.25, -0.2) is 15.0 Å². The van der Waals surface area contributed by atoms with Gasteiger partial charge in [-0.2, -0.15) is 4.39 Å². The van der Waals surface area contributed by atoms with Crippen molar-refractivity contribution in [2.75, 3.05) is 18.2 Å². The highest BCUT2D eigenvalue weighted by Crippen LogP contribution is 2.49. The van der Waals surface area contributed by atoms with Gasteiger partial charge in [0.25, 0.3) is 5.91 Å². The van der Waals surface area contributed by atoms with E-state index in [1.165, 1.54) is 18.6 Å². The van der Waals surface area contributed by atoms with Gasteiger partial charge in [0.2, 0.25) is 5.95 Å². The molecule has 1 aromatic carbocycles. The van der Waals surface area contributed by atoms with E-state index < -0.39 is 5.95 Å². The van der Waals surface area contributed by atoms with E-state index in [-0.39, 0.29) is 17.3 Å². The summed E-state index contributed by atoms with van der Waals surface area (Å²) in [6.07, 6.45) is 4.66. The van der Waals surface area contributed by atoms with Crippen LogP contribution in [0.4, 0.5) is 15.9 Å². The second-order valence-corrected chi connectivity index (χ2v) is 8.47. The van der Waals surface area contributed by atoms with Gasteiger partial charge in [-0.3, -0.25) is 4.79 Å². The maximum atomic E-state index is 13.7. The van der Waals surface area contributed by atoms with Gasteiger partial charge in [-0.1, -0.05) is 12.1 Å². The number of rotatable bonds is 6. The summed E-state index contributed by atoms with van der Waals surface area (Å²) in [6.45, 7) is 2.58. The molecule has 8 nitrogen and oxygen atoms in total. The number of fused-ring (bicyclic) bond motifs is 1. The molecule has 0 radical (unpaired) electrons. The van der Waals surface area contributed by atoms with Crippen molar-refractivity contribution >= 4 is 28.4 Å². The van der Waals surface area contributed by atoms with E-state index in [0.717, 1.165) is 18.4 Å². The van der Waals surface area contributed by atoms with Crippen LogP contribution < -0.4 is 11.1 Å². The molecule has 1 saturated carbocycles. The number of amides is 1. The Hall–Kier alpha value is -3.85. The minimum atomic E-state index is -0.597. The normalized spacial score (nSPS) is 14.4. The highest BCUT2D eigenvalue weighted by molar-refractivity contribution is 6.19. The number of pyridine rings is 1. The number of methoxy groups -OCH3 is 1. The van der Waals surface area contributed by atoms with Crippen LogP contribution in [0.5, 0.6) is 0 Å². The van der Waals surface area contributed by atoms with Gasteiger partial charge in [-0.15, -0.1) is 0 Å². The van der Waals surface area contributed by atoms with Crippen molar-refractivity contribution in [2.45, 2.75) is 31.9 Å². The molecule has 0 aliphatic heterocycles. The summed E-state index contributed by atoms with van der Waals surface area (Å²) >= 11 is 0. The van der Waals surface area contributed by atoms with Crippen molar-refractivity contribution < 1.29 is 13.9 Å². The van der Waals surface area contributed by atoms with Crippen LogP contribution in [0.3, 0.4) is 0 Å². The van der Waals surface area contributed by atoms with Gasteiger partial charge >= 0.3 is 0 Å². The molecule has 0 bridgehead atoms. The molecule has 4 aromatic rings. The number of carbonyl (C=O) groups is 1. The van der Waals surface area contributed by atoms with E-state index in [1.54, 1.807) is 13.2 Å². The van der Waals surface area contributed by atoms with Crippen molar-refractivity contribution in [2.24, 2.45) is 0 Å². The Balaban J connectivity index is 1.69. The van der Waals surface area contributed by atoms with Gasteiger partial charge < -0.3 is 20.4 Å². The molecule has 3 N–H and O–H groups in total. The summed E-state index contributed by atoms with van der Waals surface area (Å²) in [5.74, 6) is -0.747. The van der Waals surface area contributed by atoms with E-state index >= 15 is 0 Å². The van der Waals surface area contributed by atoms with Crippen LogP contribution in [0.25, 0.3) is 22.3 Å². The maximum Gasteiger partial charge on any atom is 0.258 e. The SMILES string of the molecule is COCc1ccc(NC(=O)c2c(-c3ccc(F)nc3)n(C3(C)CC3)c3ncnc(N)c23)cc1. The predicted molar refractivity (Wildman–Crippen MR) is 123 cm³/mol. The zero-order valence-electron chi connectivity index (χ0n) is 18.3. The molecule has 0 atom stereocenters. The minimum absolute atomic E-state index is 0.208. The number of aromatic nitrogens is 4. The van der Waals surface area contributed by atoms with Crippen molar-refractivity contribution in [3.63, 3.8) is 0 Å². The van der Waals surface area contributed by atoms with Gasteiger partial charge in [0, 0.05) is 30.1 Å². The molecule has 5 rings (SSSR count). The maximum absolute atomic E-state index is 13.7. The number of nitrogen functional groups attached to an aromatic ring is 1. The monoisotopic (exact) mass is 446 g/mol. The number of hydrogen-bond acceptors (Lipinski definition) is 6. The first-order valence-corrected chi connectivity index (χ1v) is 10.6. The zero-order chi connectivity index (χ0) is 23.2. The van der Waals surface area contributed by atoms with E-state index in [1.807, 2.05) is 28.8 Å². The summed E-state index contributed by atoms with van der Waals surface area (Å²) in [5.41, 5.74) is 9.74. The molecule has 0 saturated heterocycles. The van der Waals surface area contributed by atoms with Crippen molar-refractivity contribution in [3.8, 4) is 11.3 Å². The van der Waals surface area contributed by atoms with Crippen molar-refractivity contribution in [3.05, 3.63) is 66.0 Å². The lowest BCUT2D eigenvalue weighted by molar-refractivity contribution is 0.102. The van der Waals surface area contributed by atoms with Gasteiger partial charge in [0.05, 0.1) is 23.3 Å². The molecular weight excluding hydrogens is 423 g/mol. The number of ether oxygens (including phenoxy) is 1. The zero-order valence-corrected chi connectivity index (χ0v) is 18.3. The number of nitrogens with one attached hydrogen (secondary N) is 1. The van der Waals surface area contributed by atoms with Crippen LogP contribution in [-0.2, 0) is 16.9 Å². The quantitative estimate of drug-likeness (QED) is 0.431. The Morgan fingerprint density at radius 3 is 2.58 bits per heavy atom. The molecule has 1 fully saturated rings. The van der Waals surface area contributed by atoms with Gasteiger partial charge in [0.1, 0.15) is 17.8 Å². The smallest absolute Gasteiger partial charge is 0.258 e. The van der Waals surface area contributed by atoms with E-state index in [2.05, 4.69) is 27.2 Å². The number of nitrogens with zero attached hydrogens (tertiary/aromatic N) is 4. The van der Waals surface area contributed by atoms with Crippen LogP contribution >= 0.6 is 0 Å². The van der Waals surface area contributed by atoms with Crippen LogP contribution in [0.2, 0.25) is 0 Å². The number of nitrogens with two attached hydrogens (primary N) is 1. The topological polar surface area (TPSA) is 108 Å². The third kappa shape index (κ3) is 3.70. The summed E-state index contributed by atoms with van der Waals surface area (Å²) in [4.78, 5) is 26.1. The predicted octanol–water partition coefficient (Wildman–Crippen LogP) is 4.12. The van der Waals surface area contributed by atoms with Crippen molar-refractivity contribution in [1.82, 2.24) is 19.5 Å². The molecule has 0 spiro atoms. The largest absolute Gasteiger partial charge is 0.383 e. The molecule has 3 aromatic heterocycles. The minimum Gasteiger partial charge on any atom is -0.383 e. The van der Waals surface area contributed by atoms with E-state index in [4.69, 9.17) is 10.5 Å². The molecule has 3 heterocycles. The average molecular weight is 446 g/mol. The highest BCUT2D eigenvalue weighted by Gasteiger charge is 2.44. The number of benzene rings is 1. The van der Waals surface area contributed by atoms with Crippen LogP contribution in [0.15, 0.2) is 48.9 Å². The third-order valence-electron chi connectivity index (χ3n) is 6.04. The van der Waals surface area contributed by atoms with Crippen LogP contribution in [0, 0.1) is 5.95 Å².